The molecule has 0 saturated heterocycles. The largest absolute Gasteiger partial charge is 0.465 e. The van der Waals surface area contributed by atoms with Crippen LogP contribution in [0.4, 0.5) is 0 Å². The maximum Gasteiger partial charge on any atom is 0.118 e. The average Bonchev–Trinajstić information content (AvgIpc) is 3.12. The molecule has 124 valence electrons. The van der Waals surface area contributed by atoms with Crippen LogP contribution >= 0.6 is 0 Å². The van der Waals surface area contributed by atoms with Gasteiger partial charge < -0.3 is 4.42 Å². The van der Waals surface area contributed by atoms with Gasteiger partial charge in [0, 0.05) is 49.6 Å². The molecule has 3 aromatic rings. The molecule has 0 aromatic carbocycles. The van der Waals surface area contributed by atoms with Crippen LogP contribution in [0.1, 0.15) is 22.8 Å². The molecule has 0 spiro atoms. The number of nitrogens with zero attached hydrogens (tertiary/aromatic N) is 5. The molecule has 0 atom stereocenters. The number of aromatic nitrogens is 4. The van der Waals surface area contributed by atoms with E-state index >= 15 is 0 Å². The minimum absolute atomic E-state index is 0.845. The van der Waals surface area contributed by atoms with Crippen molar-refractivity contribution in [3.63, 3.8) is 0 Å². The molecule has 6 nitrogen and oxygen atoms in total. The highest BCUT2D eigenvalue weighted by Crippen LogP contribution is 2.25. The first kappa shape index (κ1) is 15.1. The summed E-state index contributed by atoms with van der Waals surface area (Å²) >= 11 is 0. The van der Waals surface area contributed by atoms with Gasteiger partial charge in [-0.05, 0) is 25.5 Å². The van der Waals surface area contributed by atoms with Gasteiger partial charge in [-0.15, -0.1) is 0 Å². The number of furan rings is 1. The Kier molecular flexibility index (Phi) is 3.90. The summed E-state index contributed by atoms with van der Waals surface area (Å²) in [6.07, 6.45) is 7.44. The van der Waals surface area contributed by atoms with E-state index in [0.717, 1.165) is 60.9 Å². The monoisotopic (exact) mass is 323 g/mol. The Hall–Kier alpha value is -2.47. The van der Waals surface area contributed by atoms with Crippen molar-refractivity contribution in [1.82, 2.24) is 24.6 Å². The van der Waals surface area contributed by atoms with Gasteiger partial charge in [0.25, 0.3) is 0 Å². The number of rotatable bonds is 3. The van der Waals surface area contributed by atoms with E-state index in [1.54, 1.807) is 6.33 Å². The van der Waals surface area contributed by atoms with Gasteiger partial charge in [0.15, 0.2) is 0 Å². The van der Waals surface area contributed by atoms with Crippen molar-refractivity contribution in [2.75, 3.05) is 13.1 Å². The van der Waals surface area contributed by atoms with Crippen molar-refractivity contribution >= 4 is 0 Å². The van der Waals surface area contributed by atoms with E-state index in [1.165, 1.54) is 5.56 Å². The topological polar surface area (TPSA) is 60.0 Å². The van der Waals surface area contributed by atoms with Crippen LogP contribution in [0.5, 0.6) is 0 Å². The van der Waals surface area contributed by atoms with Crippen LogP contribution < -0.4 is 0 Å². The van der Waals surface area contributed by atoms with Crippen LogP contribution in [-0.4, -0.2) is 37.7 Å². The molecule has 0 fully saturated rings. The maximum absolute atomic E-state index is 5.72. The van der Waals surface area contributed by atoms with E-state index < -0.39 is 0 Å². The standard InChI is InChI=1S/C18H21N5O/c1-13-3-4-15(24-13)11-23-7-5-16-17(6-8-23)19-12-20-18(16)14-9-21-22(2)10-14/h3-4,9-10,12H,5-8,11H2,1-2H3. The summed E-state index contributed by atoms with van der Waals surface area (Å²) in [4.78, 5) is 11.5. The van der Waals surface area contributed by atoms with Crippen LogP contribution in [0.15, 0.2) is 35.3 Å². The first-order valence-corrected chi connectivity index (χ1v) is 8.28. The van der Waals surface area contributed by atoms with Crippen molar-refractivity contribution in [3.8, 4) is 11.3 Å². The van der Waals surface area contributed by atoms with Crippen molar-refractivity contribution < 1.29 is 4.42 Å². The zero-order valence-electron chi connectivity index (χ0n) is 14.1. The van der Waals surface area contributed by atoms with Crippen LogP contribution in [0.2, 0.25) is 0 Å². The molecule has 3 aromatic heterocycles. The molecule has 0 saturated carbocycles. The Morgan fingerprint density at radius 2 is 2.04 bits per heavy atom. The molecule has 1 aliphatic rings. The molecule has 0 aliphatic carbocycles. The van der Waals surface area contributed by atoms with Crippen LogP contribution in [0.25, 0.3) is 11.3 Å². The molecule has 0 bridgehead atoms. The van der Waals surface area contributed by atoms with Crippen LogP contribution in [0.3, 0.4) is 0 Å². The fraction of sp³-hybridized carbons (Fsp3) is 0.389. The predicted octanol–water partition coefficient (Wildman–Crippen LogP) is 2.38. The number of hydrogen-bond donors (Lipinski definition) is 0. The predicted molar refractivity (Wildman–Crippen MR) is 90.4 cm³/mol. The second-order valence-electron chi connectivity index (χ2n) is 6.34. The highest BCUT2D eigenvalue weighted by Gasteiger charge is 2.20. The zero-order valence-corrected chi connectivity index (χ0v) is 14.1. The van der Waals surface area contributed by atoms with E-state index in [1.807, 2.05) is 37.1 Å². The molecule has 4 rings (SSSR count). The molecule has 1 aliphatic heterocycles. The fourth-order valence-electron chi connectivity index (χ4n) is 3.31. The second kappa shape index (κ2) is 6.20. The number of hydrogen-bond acceptors (Lipinski definition) is 5. The van der Waals surface area contributed by atoms with Gasteiger partial charge in [0.05, 0.1) is 18.4 Å². The lowest BCUT2D eigenvalue weighted by molar-refractivity contribution is 0.253. The number of fused-ring (bicyclic) bond motifs is 1. The third-order valence-electron chi connectivity index (χ3n) is 4.53. The highest BCUT2D eigenvalue weighted by molar-refractivity contribution is 5.62. The van der Waals surface area contributed by atoms with Crippen molar-refractivity contribution in [3.05, 3.63) is 53.6 Å². The minimum Gasteiger partial charge on any atom is -0.465 e. The summed E-state index contributed by atoms with van der Waals surface area (Å²) in [5.41, 5.74) is 4.49. The third-order valence-corrected chi connectivity index (χ3v) is 4.53. The molecule has 24 heavy (non-hydrogen) atoms. The van der Waals surface area contributed by atoms with Gasteiger partial charge in [-0.1, -0.05) is 0 Å². The van der Waals surface area contributed by atoms with E-state index in [0.29, 0.717) is 0 Å². The Labute approximate surface area is 141 Å². The zero-order chi connectivity index (χ0) is 16.5. The highest BCUT2D eigenvalue weighted by atomic mass is 16.3. The molecule has 6 heteroatoms. The molecular weight excluding hydrogens is 302 g/mol. The Morgan fingerprint density at radius 1 is 1.17 bits per heavy atom. The van der Waals surface area contributed by atoms with Gasteiger partial charge in [0.2, 0.25) is 0 Å². The maximum atomic E-state index is 5.72. The summed E-state index contributed by atoms with van der Waals surface area (Å²) < 4.78 is 7.53. The average molecular weight is 323 g/mol. The third kappa shape index (κ3) is 2.97. The van der Waals surface area contributed by atoms with E-state index in [4.69, 9.17) is 4.42 Å². The van der Waals surface area contributed by atoms with Crippen molar-refractivity contribution in [2.24, 2.45) is 7.05 Å². The molecular formula is C18H21N5O. The van der Waals surface area contributed by atoms with Crippen LogP contribution in [0, 0.1) is 6.92 Å². The summed E-state index contributed by atoms with van der Waals surface area (Å²) in [5.74, 6) is 1.99. The SMILES string of the molecule is Cc1ccc(CN2CCc3ncnc(-c4cnn(C)c4)c3CC2)o1. The smallest absolute Gasteiger partial charge is 0.118 e. The van der Waals surface area contributed by atoms with Crippen molar-refractivity contribution in [1.29, 1.82) is 0 Å². The Balaban J connectivity index is 1.56. The summed E-state index contributed by atoms with van der Waals surface area (Å²) in [7, 11) is 1.93. The molecule has 0 N–H and O–H groups in total. The summed E-state index contributed by atoms with van der Waals surface area (Å²) in [5, 5.41) is 4.27. The van der Waals surface area contributed by atoms with Gasteiger partial charge in [-0.3, -0.25) is 9.58 Å². The van der Waals surface area contributed by atoms with Crippen molar-refractivity contribution in [2.45, 2.75) is 26.3 Å². The lowest BCUT2D eigenvalue weighted by Gasteiger charge is -2.17. The van der Waals surface area contributed by atoms with E-state index in [9.17, 15) is 0 Å². The summed E-state index contributed by atoms with van der Waals surface area (Å²) in [6, 6.07) is 4.09. The number of aryl methyl sites for hydroxylation is 2. The summed E-state index contributed by atoms with van der Waals surface area (Å²) in [6.45, 7) is 4.79. The Bertz CT molecular complexity index is 851. The lowest BCUT2D eigenvalue weighted by Crippen LogP contribution is -2.25. The van der Waals surface area contributed by atoms with Gasteiger partial charge >= 0.3 is 0 Å². The van der Waals surface area contributed by atoms with Gasteiger partial charge in [-0.2, -0.15) is 5.10 Å². The minimum atomic E-state index is 0.845. The first-order chi connectivity index (χ1) is 11.7. The molecule has 0 radical (unpaired) electrons. The molecule has 4 heterocycles. The lowest BCUT2D eigenvalue weighted by atomic mass is 10.0. The second-order valence-corrected chi connectivity index (χ2v) is 6.34. The van der Waals surface area contributed by atoms with Crippen LogP contribution in [-0.2, 0) is 26.4 Å². The van der Waals surface area contributed by atoms with Gasteiger partial charge in [0.1, 0.15) is 17.8 Å². The molecule has 0 unspecified atom stereocenters. The normalized spacial score (nSPS) is 15.2. The molecule has 0 amide bonds. The fourth-order valence-corrected chi connectivity index (χ4v) is 3.31. The van der Waals surface area contributed by atoms with Gasteiger partial charge in [-0.25, -0.2) is 9.97 Å². The quantitative estimate of drug-likeness (QED) is 0.740. The van der Waals surface area contributed by atoms with E-state index in [-0.39, 0.29) is 0 Å². The Morgan fingerprint density at radius 3 is 2.79 bits per heavy atom. The first-order valence-electron chi connectivity index (χ1n) is 8.28. The van der Waals surface area contributed by atoms with E-state index in [2.05, 4.69) is 26.0 Å².